The van der Waals surface area contributed by atoms with Crippen LogP contribution in [0.25, 0.3) is 0 Å². The summed E-state index contributed by atoms with van der Waals surface area (Å²) in [5, 5.41) is 5.53. The third-order valence-electron chi connectivity index (χ3n) is 7.32. The molecule has 2 saturated heterocycles. The van der Waals surface area contributed by atoms with E-state index in [0.29, 0.717) is 50.7 Å². The summed E-state index contributed by atoms with van der Waals surface area (Å²) in [7, 11) is -4.44. The monoisotopic (exact) mass is 641 g/mol. The van der Waals surface area contributed by atoms with Crippen LogP contribution in [0, 0.1) is 0 Å². The van der Waals surface area contributed by atoms with Crippen molar-refractivity contribution in [3.05, 3.63) is 59.7 Å². The zero-order valence-corrected chi connectivity index (χ0v) is 25.5. The normalized spacial score (nSPS) is 19.3. The zero-order chi connectivity index (χ0) is 31.9. The van der Waals surface area contributed by atoms with Crippen molar-refractivity contribution in [1.29, 1.82) is 0 Å². The average Bonchev–Trinajstić information content (AvgIpc) is 2.98. The summed E-state index contributed by atoms with van der Waals surface area (Å²) in [6.07, 6.45) is -4.58. The number of nitrogens with zero attached hydrogens (tertiary/aromatic N) is 1. The molecule has 2 atom stereocenters. The molecule has 0 aromatic heterocycles. The Bertz CT molecular complexity index is 1380. The number of sulfonamides is 1. The van der Waals surface area contributed by atoms with Gasteiger partial charge in [-0.1, -0.05) is 18.2 Å². The molecule has 0 saturated carbocycles. The van der Waals surface area contributed by atoms with Gasteiger partial charge in [0.05, 0.1) is 16.6 Å². The quantitative estimate of drug-likeness (QED) is 0.388. The molecule has 2 amide bonds. The van der Waals surface area contributed by atoms with Crippen molar-refractivity contribution in [3.63, 3.8) is 0 Å². The number of alkyl carbamates (subject to hydrolysis) is 1. The maximum atomic E-state index is 13.4. The first-order chi connectivity index (χ1) is 20.8. The van der Waals surface area contributed by atoms with Crippen molar-refractivity contribution in [3.8, 4) is 5.75 Å². The van der Waals surface area contributed by atoms with Gasteiger partial charge >= 0.3 is 12.3 Å². The van der Waals surface area contributed by atoms with Gasteiger partial charge in [-0.25, -0.2) is 13.2 Å². The van der Waals surface area contributed by atoms with Crippen molar-refractivity contribution in [2.45, 2.75) is 87.9 Å². The van der Waals surface area contributed by atoms with Crippen LogP contribution in [0.3, 0.4) is 0 Å². The van der Waals surface area contributed by atoms with Gasteiger partial charge in [0.25, 0.3) is 0 Å². The zero-order valence-electron chi connectivity index (χ0n) is 24.6. The van der Waals surface area contributed by atoms with Gasteiger partial charge in [-0.15, -0.1) is 0 Å². The number of benzene rings is 2. The van der Waals surface area contributed by atoms with Gasteiger partial charge in [0, 0.05) is 32.2 Å². The third kappa shape index (κ3) is 9.08. The Hall–Kier alpha value is -3.36. The Morgan fingerprint density at radius 1 is 1.05 bits per heavy atom. The summed E-state index contributed by atoms with van der Waals surface area (Å²) in [5.74, 6) is 0.215. The number of hydrogen-bond donors (Lipinski definition) is 2. The van der Waals surface area contributed by atoms with E-state index in [4.69, 9.17) is 14.2 Å². The molecule has 2 N–H and O–H groups in total. The molecular formula is C30H38F3N3O7S. The molecule has 0 spiro atoms. The number of nitrogens with one attached hydrogen (secondary N) is 2. The minimum Gasteiger partial charge on any atom is -0.491 e. The predicted octanol–water partition coefficient (Wildman–Crippen LogP) is 4.63. The van der Waals surface area contributed by atoms with E-state index in [9.17, 15) is 31.2 Å². The molecule has 0 radical (unpaired) electrons. The van der Waals surface area contributed by atoms with Crippen molar-refractivity contribution in [1.82, 2.24) is 14.9 Å². The van der Waals surface area contributed by atoms with Crippen LogP contribution < -0.4 is 15.4 Å². The second-order valence-electron chi connectivity index (χ2n) is 11.1. The van der Waals surface area contributed by atoms with Gasteiger partial charge in [-0.3, -0.25) is 4.79 Å². The molecule has 2 aliphatic rings. The summed E-state index contributed by atoms with van der Waals surface area (Å²) in [4.78, 5) is 25.9. The van der Waals surface area contributed by atoms with Gasteiger partial charge in [0.1, 0.15) is 11.8 Å². The number of hydrogen-bond acceptors (Lipinski definition) is 7. The lowest BCUT2D eigenvalue weighted by molar-refractivity contribution is -0.137. The lowest BCUT2D eigenvalue weighted by Gasteiger charge is -2.34. The Kier molecular flexibility index (Phi) is 11.1. The SMILES string of the molecule is CC(C)Oc1ccc(C[C@H](NC(=O)O[C@H]2CCCCN2S(=O)(=O)c2cccc(C(F)(F)F)c2)C(=O)NC2CCOCC2)cc1. The fraction of sp³-hybridized carbons (Fsp3) is 0.533. The third-order valence-corrected chi connectivity index (χ3v) is 9.21. The second kappa shape index (κ2) is 14.6. The summed E-state index contributed by atoms with van der Waals surface area (Å²) in [6.45, 7) is 4.76. The molecule has 2 aromatic rings. The minimum absolute atomic E-state index is 0.0213. The molecule has 0 unspecified atom stereocenters. The summed E-state index contributed by atoms with van der Waals surface area (Å²) < 4.78 is 84.1. The van der Waals surface area contributed by atoms with Crippen LogP contribution in [-0.4, -0.2) is 68.9 Å². The first kappa shape index (κ1) is 33.5. The van der Waals surface area contributed by atoms with E-state index < -0.39 is 50.9 Å². The van der Waals surface area contributed by atoms with Crippen molar-refractivity contribution < 1.29 is 45.4 Å². The molecular weight excluding hydrogens is 603 g/mol. The fourth-order valence-electron chi connectivity index (χ4n) is 5.10. The van der Waals surface area contributed by atoms with Crippen LogP contribution in [0.4, 0.5) is 18.0 Å². The molecule has 2 heterocycles. The lowest BCUT2D eigenvalue weighted by atomic mass is 10.0. The number of amides is 2. The molecule has 10 nitrogen and oxygen atoms in total. The van der Waals surface area contributed by atoms with E-state index in [1.165, 1.54) is 0 Å². The first-order valence-corrected chi connectivity index (χ1v) is 16.1. The van der Waals surface area contributed by atoms with E-state index in [0.717, 1.165) is 28.1 Å². The van der Waals surface area contributed by atoms with Crippen LogP contribution >= 0.6 is 0 Å². The fourth-order valence-corrected chi connectivity index (χ4v) is 6.72. The Morgan fingerprint density at radius 2 is 1.75 bits per heavy atom. The summed E-state index contributed by atoms with van der Waals surface area (Å²) >= 11 is 0. The van der Waals surface area contributed by atoms with Crippen LogP contribution in [0.1, 0.15) is 57.1 Å². The van der Waals surface area contributed by atoms with Crippen molar-refractivity contribution >= 4 is 22.0 Å². The van der Waals surface area contributed by atoms with Crippen molar-refractivity contribution in [2.75, 3.05) is 19.8 Å². The van der Waals surface area contributed by atoms with E-state index in [-0.39, 0.29) is 31.5 Å². The van der Waals surface area contributed by atoms with Crippen LogP contribution in [0.2, 0.25) is 0 Å². The minimum atomic E-state index is -4.73. The van der Waals surface area contributed by atoms with Gasteiger partial charge in [0.15, 0.2) is 6.23 Å². The van der Waals surface area contributed by atoms with Gasteiger partial charge in [-0.2, -0.15) is 17.5 Å². The Morgan fingerprint density at radius 3 is 2.41 bits per heavy atom. The summed E-state index contributed by atoms with van der Waals surface area (Å²) in [6, 6.07) is 9.34. The number of carbonyl (C=O) groups is 2. The molecule has 44 heavy (non-hydrogen) atoms. The number of halogens is 3. The Labute approximate surface area is 255 Å². The Balaban J connectivity index is 1.49. The standard InChI is InChI=1S/C30H38F3N3O7S/c1-20(2)42-24-11-9-21(10-12-24)18-26(28(37)34-23-13-16-41-17-14-23)35-29(38)43-27-8-3-4-15-36(27)44(39,40)25-7-5-6-22(19-25)30(31,32)33/h5-7,9-12,19-20,23,26-27H,3-4,8,13-18H2,1-2H3,(H,34,37)(H,35,38)/t26-,27-/m0/s1. The number of rotatable bonds is 10. The van der Waals surface area contributed by atoms with E-state index in [1.54, 1.807) is 24.3 Å². The van der Waals surface area contributed by atoms with E-state index >= 15 is 0 Å². The van der Waals surface area contributed by atoms with Crippen LogP contribution in [-0.2, 0) is 36.9 Å². The molecule has 0 bridgehead atoms. The maximum absolute atomic E-state index is 13.4. The molecule has 0 aliphatic carbocycles. The molecule has 2 aliphatic heterocycles. The van der Waals surface area contributed by atoms with E-state index in [2.05, 4.69) is 10.6 Å². The molecule has 2 aromatic carbocycles. The summed E-state index contributed by atoms with van der Waals surface area (Å²) in [5.41, 5.74) is -0.368. The average molecular weight is 642 g/mol. The molecule has 2 fully saturated rings. The molecule has 4 rings (SSSR count). The largest absolute Gasteiger partial charge is 0.491 e. The highest BCUT2D eigenvalue weighted by atomic mass is 32.2. The second-order valence-corrected chi connectivity index (χ2v) is 13.0. The highest BCUT2D eigenvalue weighted by Gasteiger charge is 2.38. The number of ether oxygens (including phenoxy) is 3. The topological polar surface area (TPSA) is 123 Å². The molecule has 242 valence electrons. The molecule has 14 heteroatoms. The van der Waals surface area contributed by atoms with Crippen LogP contribution in [0.5, 0.6) is 5.75 Å². The number of piperidine rings is 1. The predicted molar refractivity (Wildman–Crippen MR) is 154 cm³/mol. The van der Waals surface area contributed by atoms with Gasteiger partial charge < -0.3 is 24.8 Å². The lowest BCUT2D eigenvalue weighted by Crippen LogP contribution is -2.53. The highest BCUT2D eigenvalue weighted by Crippen LogP contribution is 2.32. The number of carbonyl (C=O) groups excluding carboxylic acids is 2. The smallest absolute Gasteiger partial charge is 0.416 e. The van der Waals surface area contributed by atoms with E-state index in [1.807, 2.05) is 13.8 Å². The van der Waals surface area contributed by atoms with Gasteiger partial charge in [0.2, 0.25) is 15.9 Å². The first-order valence-electron chi connectivity index (χ1n) is 14.6. The number of alkyl halides is 3. The highest BCUT2D eigenvalue weighted by molar-refractivity contribution is 7.89. The van der Waals surface area contributed by atoms with Crippen LogP contribution in [0.15, 0.2) is 53.4 Å². The van der Waals surface area contributed by atoms with Crippen molar-refractivity contribution in [2.24, 2.45) is 0 Å². The van der Waals surface area contributed by atoms with Gasteiger partial charge in [-0.05, 0) is 81.8 Å². The maximum Gasteiger partial charge on any atom is 0.416 e.